The average Bonchev–Trinajstić information content (AvgIpc) is 2.40. The molecule has 0 aliphatic heterocycles. The summed E-state index contributed by atoms with van der Waals surface area (Å²) in [5, 5.41) is 8.90. The number of ether oxygens (including phenoxy) is 1. The normalized spacial score (nSPS) is 10.9. The summed E-state index contributed by atoms with van der Waals surface area (Å²) in [5.41, 5.74) is 4.52. The van der Waals surface area contributed by atoms with Crippen LogP contribution in [0.1, 0.15) is 11.1 Å². The predicted octanol–water partition coefficient (Wildman–Crippen LogP) is 3.95. The highest BCUT2D eigenvalue weighted by Gasteiger charge is 2.34. The Morgan fingerprint density at radius 2 is 1.75 bits per heavy atom. The van der Waals surface area contributed by atoms with Crippen molar-refractivity contribution in [1.29, 1.82) is 5.26 Å². The van der Waals surface area contributed by atoms with Crippen LogP contribution in [0.2, 0.25) is 0 Å². The van der Waals surface area contributed by atoms with E-state index in [4.69, 9.17) is 15.7 Å². The Morgan fingerprint density at radius 1 is 1.05 bits per heavy atom. The number of alkyl halides is 3. The van der Waals surface area contributed by atoms with E-state index in [1.54, 1.807) is 12.1 Å². The van der Waals surface area contributed by atoms with Crippen molar-refractivity contribution in [3.05, 3.63) is 53.6 Å². The largest absolute Gasteiger partial charge is 0.455 e. The van der Waals surface area contributed by atoms with E-state index in [2.05, 4.69) is 0 Å². The standard InChI is InChI=1S/C14H9F3N2O/c15-14(16,17)11-7-10(19)5-6-13(11)20-12-4-2-1-3-9(12)8-18/h1-7H,19H2. The molecular weight excluding hydrogens is 269 g/mol. The van der Waals surface area contributed by atoms with E-state index < -0.39 is 17.5 Å². The second kappa shape index (κ2) is 5.13. The molecule has 20 heavy (non-hydrogen) atoms. The molecule has 6 heteroatoms. The molecule has 0 heterocycles. The quantitative estimate of drug-likeness (QED) is 0.846. The molecule has 0 saturated carbocycles. The van der Waals surface area contributed by atoms with E-state index in [1.807, 2.05) is 6.07 Å². The van der Waals surface area contributed by atoms with Crippen molar-refractivity contribution in [2.75, 3.05) is 5.73 Å². The number of nitrogens with two attached hydrogens (primary N) is 1. The Labute approximate surface area is 113 Å². The van der Waals surface area contributed by atoms with Gasteiger partial charge in [-0.2, -0.15) is 18.4 Å². The SMILES string of the molecule is N#Cc1ccccc1Oc1ccc(N)cc1C(F)(F)F. The molecule has 2 rings (SSSR count). The van der Waals surface area contributed by atoms with Gasteiger partial charge < -0.3 is 10.5 Å². The number of nitriles is 1. The minimum atomic E-state index is -4.59. The molecule has 0 radical (unpaired) electrons. The van der Waals surface area contributed by atoms with E-state index in [0.717, 1.165) is 12.1 Å². The van der Waals surface area contributed by atoms with E-state index in [1.165, 1.54) is 18.2 Å². The Morgan fingerprint density at radius 3 is 2.40 bits per heavy atom. The first kappa shape index (κ1) is 13.7. The topological polar surface area (TPSA) is 59.0 Å². The zero-order valence-electron chi connectivity index (χ0n) is 10.1. The Balaban J connectivity index is 2.47. The number of nitrogen functional groups attached to an aromatic ring is 1. The Bertz CT molecular complexity index is 675. The fourth-order valence-corrected chi connectivity index (χ4v) is 1.62. The molecule has 0 amide bonds. The smallest absolute Gasteiger partial charge is 0.420 e. The van der Waals surface area contributed by atoms with Crippen LogP contribution in [0.3, 0.4) is 0 Å². The minimum Gasteiger partial charge on any atom is -0.455 e. The minimum absolute atomic E-state index is 0.0155. The number of benzene rings is 2. The number of nitrogens with zero attached hydrogens (tertiary/aromatic N) is 1. The maximum atomic E-state index is 12.9. The van der Waals surface area contributed by atoms with E-state index >= 15 is 0 Å². The highest BCUT2D eigenvalue weighted by Crippen LogP contribution is 2.39. The van der Waals surface area contributed by atoms with E-state index in [-0.39, 0.29) is 17.0 Å². The molecular formula is C14H9F3N2O. The van der Waals surface area contributed by atoms with Crippen molar-refractivity contribution >= 4 is 5.69 Å². The Hall–Kier alpha value is -2.68. The molecule has 102 valence electrons. The van der Waals surface area contributed by atoms with Gasteiger partial charge in [-0.1, -0.05) is 12.1 Å². The zero-order valence-corrected chi connectivity index (χ0v) is 10.1. The molecule has 0 aliphatic rings. The first-order chi connectivity index (χ1) is 9.41. The van der Waals surface area contributed by atoms with E-state index in [0.29, 0.717) is 0 Å². The molecule has 0 unspecified atom stereocenters. The monoisotopic (exact) mass is 278 g/mol. The van der Waals surface area contributed by atoms with Gasteiger partial charge in [0.2, 0.25) is 0 Å². The molecule has 0 atom stereocenters. The maximum Gasteiger partial charge on any atom is 0.420 e. The highest BCUT2D eigenvalue weighted by atomic mass is 19.4. The fourth-order valence-electron chi connectivity index (χ4n) is 1.62. The second-order valence-electron chi connectivity index (χ2n) is 3.96. The summed E-state index contributed by atoms with van der Waals surface area (Å²) in [6, 6.07) is 11.1. The van der Waals surface area contributed by atoms with Crippen LogP contribution in [0.15, 0.2) is 42.5 Å². The van der Waals surface area contributed by atoms with Gasteiger partial charge in [0, 0.05) is 5.69 Å². The van der Waals surface area contributed by atoms with Gasteiger partial charge in [0.05, 0.1) is 5.56 Å². The summed E-state index contributed by atoms with van der Waals surface area (Å²) in [6.45, 7) is 0. The molecule has 0 saturated heterocycles. The van der Waals surface area contributed by atoms with Gasteiger partial charge in [-0.15, -0.1) is 0 Å². The molecule has 0 fully saturated rings. The number of halogens is 3. The second-order valence-corrected chi connectivity index (χ2v) is 3.96. The number of para-hydroxylation sites is 1. The van der Waals surface area contributed by atoms with Crippen molar-refractivity contribution in [3.8, 4) is 17.6 Å². The van der Waals surface area contributed by atoms with Gasteiger partial charge in [0.15, 0.2) is 0 Å². The molecule has 3 nitrogen and oxygen atoms in total. The third kappa shape index (κ3) is 2.83. The van der Waals surface area contributed by atoms with Crippen molar-refractivity contribution in [2.24, 2.45) is 0 Å². The molecule has 2 aromatic carbocycles. The Kier molecular flexibility index (Phi) is 3.53. The van der Waals surface area contributed by atoms with Gasteiger partial charge >= 0.3 is 6.18 Å². The zero-order chi connectivity index (χ0) is 14.8. The van der Waals surface area contributed by atoms with Crippen molar-refractivity contribution in [1.82, 2.24) is 0 Å². The predicted molar refractivity (Wildman–Crippen MR) is 67.1 cm³/mol. The molecule has 0 spiro atoms. The van der Waals surface area contributed by atoms with Gasteiger partial charge in [-0.25, -0.2) is 0 Å². The number of rotatable bonds is 2. The summed E-state index contributed by atoms with van der Waals surface area (Å²) in [7, 11) is 0. The first-order valence-electron chi connectivity index (χ1n) is 5.55. The summed E-state index contributed by atoms with van der Waals surface area (Å²) in [4.78, 5) is 0. The molecule has 2 aromatic rings. The van der Waals surface area contributed by atoms with Crippen LogP contribution in [-0.4, -0.2) is 0 Å². The van der Waals surface area contributed by atoms with Crippen LogP contribution < -0.4 is 10.5 Å². The lowest BCUT2D eigenvalue weighted by atomic mass is 10.1. The van der Waals surface area contributed by atoms with Crippen LogP contribution in [0.4, 0.5) is 18.9 Å². The summed E-state index contributed by atoms with van der Waals surface area (Å²) in [5.74, 6) is -0.334. The van der Waals surface area contributed by atoms with Gasteiger partial charge in [-0.05, 0) is 30.3 Å². The lowest BCUT2D eigenvalue weighted by Gasteiger charge is -2.14. The molecule has 0 aliphatic carbocycles. The summed E-state index contributed by atoms with van der Waals surface area (Å²) in [6.07, 6.45) is -4.59. The van der Waals surface area contributed by atoms with Crippen molar-refractivity contribution in [3.63, 3.8) is 0 Å². The van der Waals surface area contributed by atoms with Crippen LogP contribution in [0.5, 0.6) is 11.5 Å². The summed E-state index contributed by atoms with van der Waals surface area (Å²) >= 11 is 0. The van der Waals surface area contributed by atoms with Crippen molar-refractivity contribution < 1.29 is 17.9 Å². The molecule has 0 bridgehead atoms. The number of hydrogen-bond acceptors (Lipinski definition) is 3. The number of anilines is 1. The third-order valence-corrected chi connectivity index (χ3v) is 2.54. The van der Waals surface area contributed by atoms with Crippen molar-refractivity contribution in [2.45, 2.75) is 6.18 Å². The fraction of sp³-hybridized carbons (Fsp3) is 0.0714. The van der Waals surface area contributed by atoms with Gasteiger partial charge in [0.1, 0.15) is 23.1 Å². The van der Waals surface area contributed by atoms with Crippen LogP contribution in [0.25, 0.3) is 0 Å². The molecule has 2 N–H and O–H groups in total. The van der Waals surface area contributed by atoms with Crippen LogP contribution in [0, 0.1) is 11.3 Å². The average molecular weight is 278 g/mol. The maximum absolute atomic E-state index is 12.9. The first-order valence-corrected chi connectivity index (χ1v) is 5.55. The van der Waals surface area contributed by atoms with E-state index in [9.17, 15) is 13.2 Å². The van der Waals surface area contributed by atoms with Crippen LogP contribution in [-0.2, 0) is 6.18 Å². The lowest BCUT2D eigenvalue weighted by molar-refractivity contribution is -0.138. The lowest BCUT2D eigenvalue weighted by Crippen LogP contribution is -2.08. The number of hydrogen-bond donors (Lipinski definition) is 1. The highest BCUT2D eigenvalue weighted by molar-refractivity contribution is 5.52. The summed E-state index contributed by atoms with van der Waals surface area (Å²) < 4.78 is 44.0. The van der Waals surface area contributed by atoms with Gasteiger partial charge in [-0.3, -0.25) is 0 Å². The van der Waals surface area contributed by atoms with Gasteiger partial charge in [0.25, 0.3) is 0 Å². The molecule has 0 aromatic heterocycles. The van der Waals surface area contributed by atoms with Crippen LogP contribution >= 0.6 is 0 Å². The third-order valence-electron chi connectivity index (χ3n) is 2.54.